The van der Waals surface area contributed by atoms with E-state index in [1.54, 1.807) is 0 Å². The Hall–Kier alpha value is -2.53. The second-order valence-corrected chi connectivity index (χ2v) is 4.18. The second-order valence-electron chi connectivity index (χ2n) is 4.18. The van der Waals surface area contributed by atoms with Crippen LogP contribution in [0, 0.1) is 11.8 Å². The third kappa shape index (κ3) is 4.01. The van der Waals surface area contributed by atoms with E-state index < -0.39 is 0 Å². The number of hydrogen-bond acceptors (Lipinski definition) is 1. The Kier molecular flexibility index (Phi) is 4.36. The van der Waals surface area contributed by atoms with Gasteiger partial charge in [0.05, 0.1) is 0 Å². The Labute approximate surface area is 113 Å². The molecule has 0 spiro atoms. The number of carbonyl (C=O) groups is 1. The largest absolute Gasteiger partial charge is 0.339 e. The molecule has 94 valence electrons. The van der Waals surface area contributed by atoms with Gasteiger partial charge in [0.15, 0.2) is 0 Å². The smallest absolute Gasteiger partial charge is 0.218 e. The standard InChI is InChI=1S/C17H15NO/c1-14(19)18-17(16-10-6-3-7-11-16)13-12-15-8-4-2-5-9-15/h2-11,17H,1H3,(H,18,19)/t17-/m0/s1. The predicted octanol–water partition coefficient (Wildman–Crippen LogP) is 2.92. The SMILES string of the molecule is CC(=O)N[C@@H](C#Cc1ccccc1)c1ccccc1. The molecule has 1 atom stereocenters. The number of nitrogens with one attached hydrogen (secondary N) is 1. The van der Waals surface area contributed by atoms with E-state index in [2.05, 4.69) is 17.2 Å². The Morgan fingerprint density at radius 3 is 2.16 bits per heavy atom. The Morgan fingerprint density at radius 1 is 1.00 bits per heavy atom. The molecule has 2 heteroatoms. The fraction of sp³-hybridized carbons (Fsp3) is 0.118. The minimum absolute atomic E-state index is 0.0868. The average Bonchev–Trinajstić information content (AvgIpc) is 2.45. The van der Waals surface area contributed by atoms with Crippen LogP contribution in [0.25, 0.3) is 0 Å². The van der Waals surface area contributed by atoms with Crippen molar-refractivity contribution >= 4 is 5.91 Å². The molecule has 1 amide bonds. The van der Waals surface area contributed by atoms with Crippen LogP contribution in [0.4, 0.5) is 0 Å². The highest BCUT2D eigenvalue weighted by atomic mass is 16.1. The zero-order valence-corrected chi connectivity index (χ0v) is 10.8. The lowest BCUT2D eigenvalue weighted by Gasteiger charge is -2.11. The van der Waals surface area contributed by atoms with Gasteiger partial charge in [-0.3, -0.25) is 4.79 Å². The number of rotatable bonds is 2. The van der Waals surface area contributed by atoms with Gasteiger partial charge in [-0.05, 0) is 17.7 Å². The van der Waals surface area contributed by atoms with Crippen molar-refractivity contribution in [2.24, 2.45) is 0 Å². The van der Waals surface area contributed by atoms with Crippen molar-refractivity contribution in [2.45, 2.75) is 13.0 Å². The molecule has 2 nitrogen and oxygen atoms in total. The normalized spacial score (nSPS) is 11.0. The molecule has 0 heterocycles. The molecule has 1 N–H and O–H groups in total. The van der Waals surface area contributed by atoms with Crippen LogP contribution in [-0.4, -0.2) is 5.91 Å². The third-order valence-corrected chi connectivity index (χ3v) is 2.62. The van der Waals surface area contributed by atoms with Crippen LogP contribution < -0.4 is 5.32 Å². The molecular weight excluding hydrogens is 234 g/mol. The molecular formula is C17H15NO. The van der Waals surface area contributed by atoms with E-state index in [0.29, 0.717) is 0 Å². The van der Waals surface area contributed by atoms with E-state index in [-0.39, 0.29) is 11.9 Å². The van der Waals surface area contributed by atoms with E-state index in [0.717, 1.165) is 11.1 Å². The zero-order valence-electron chi connectivity index (χ0n) is 10.8. The number of carbonyl (C=O) groups excluding carboxylic acids is 1. The maximum atomic E-state index is 11.3. The van der Waals surface area contributed by atoms with E-state index >= 15 is 0 Å². The fourth-order valence-corrected chi connectivity index (χ4v) is 1.73. The van der Waals surface area contributed by atoms with Crippen LogP contribution in [0.5, 0.6) is 0 Å². The molecule has 0 aliphatic rings. The van der Waals surface area contributed by atoms with Crippen LogP contribution in [0.2, 0.25) is 0 Å². The van der Waals surface area contributed by atoms with Crippen LogP contribution in [-0.2, 0) is 4.79 Å². The maximum Gasteiger partial charge on any atom is 0.218 e. The topological polar surface area (TPSA) is 29.1 Å². The summed E-state index contributed by atoms with van der Waals surface area (Å²) in [7, 11) is 0. The highest BCUT2D eigenvalue weighted by molar-refractivity contribution is 5.74. The second kappa shape index (κ2) is 6.42. The molecule has 2 aromatic rings. The van der Waals surface area contributed by atoms with Crippen molar-refractivity contribution in [3.8, 4) is 11.8 Å². The lowest BCUT2D eigenvalue weighted by atomic mass is 10.1. The predicted molar refractivity (Wildman–Crippen MR) is 76.3 cm³/mol. The molecule has 19 heavy (non-hydrogen) atoms. The molecule has 0 fully saturated rings. The van der Waals surface area contributed by atoms with Crippen molar-refractivity contribution in [1.29, 1.82) is 0 Å². The lowest BCUT2D eigenvalue weighted by Crippen LogP contribution is -2.24. The zero-order chi connectivity index (χ0) is 13.5. The number of benzene rings is 2. The molecule has 0 aliphatic heterocycles. The molecule has 0 unspecified atom stereocenters. The van der Waals surface area contributed by atoms with Gasteiger partial charge < -0.3 is 5.32 Å². The summed E-state index contributed by atoms with van der Waals surface area (Å²) in [5, 5.41) is 2.85. The first-order valence-corrected chi connectivity index (χ1v) is 6.14. The van der Waals surface area contributed by atoms with Crippen LogP contribution in [0.3, 0.4) is 0 Å². The summed E-state index contributed by atoms with van der Waals surface area (Å²) in [4.78, 5) is 11.3. The Morgan fingerprint density at radius 2 is 1.58 bits per heavy atom. The van der Waals surface area contributed by atoms with Gasteiger partial charge in [-0.2, -0.15) is 0 Å². The highest BCUT2D eigenvalue weighted by Crippen LogP contribution is 2.11. The summed E-state index contributed by atoms with van der Waals surface area (Å²) in [6, 6.07) is 19.2. The molecule has 0 aliphatic carbocycles. The van der Waals surface area contributed by atoms with Crippen molar-refractivity contribution in [2.75, 3.05) is 0 Å². The summed E-state index contributed by atoms with van der Waals surface area (Å²) in [6.07, 6.45) is 0. The molecule has 0 radical (unpaired) electrons. The monoisotopic (exact) mass is 249 g/mol. The molecule has 2 aromatic carbocycles. The van der Waals surface area contributed by atoms with Gasteiger partial charge in [-0.1, -0.05) is 60.4 Å². The molecule has 0 saturated heterocycles. The molecule has 0 aromatic heterocycles. The van der Waals surface area contributed by atoms with Gasteiger partial charge in [0.25, 0.3) is 0 Å². The van der Waals surface area contributed by atoms with E-state index in [1.807, 2.05) is 60.7 Å². The maximum absolute atomic E-state index is 11.3. The summed E-state index contributed by atoms with van der Waals surface area (Å²) in [6.45, 7) is 1.50. The minimum atomic E-state index is -0.279. The van der Waals surface area contributed by atoms with Gasteiger partial charge in [-0.25, -0.2) is 0 Å². The van der Waals surface area contributed by atoms with Crippen LogP contribution >= 0.6 is 0 Å². The average molecular weight is 249 g/mol. The summed E-state index contributed by atoms with van der Waals surface area (Å²) in [5.74, 6) is 6.10. The molecule has 2 rings (SSSR count). The van der Waals surface area contributed by atoms with E-state index in [9.17, 15) is 4.79 Å². The minimum Gasteiger partial charge on any atom is -0.339 e. The van der Waals surface area contributed by atoms with Crippen LogP contribution in [0.15, 0.2) is 60.7 Å². The Bertz CT molecular complexity index is 593. The van der Waals surface area contributed by atoms with Gasteiger partial charge in [-0.15, -0.1) is 0 Å². The number of amides is 1. The van der Waals surface area contributed by atoms with Gasteiger partial charge in [0.1, 0.15) is 6.04 Å². The first-order chi connectivity index (χ1) is 9.25. The van der Waals surface area contributed by atoms with Crippen molar-refractivity contribution in [3.63, 3.8) is 0 Å². The first kappa shape index (κ1) is 12.9. The van der Waals surface area contributed by atoms with Gasteiger partial charge >= 0.3 is 0 Å². The quantitative estimate of drug-likeness (QED) is 0.815. The van der Waals surface area contributed by atoms with E-state index in [4.69, 9.17) is 0 Å². The number of hydrogen-bond donors (Lipinski definition) is 1. The lowest BCUT2D eigenvalue weighted by molar-refractivity contribution is -0.119. The van der Waals surface area contributed by atoms with Gasteiger partial charge in [0, 0.05) is 12.5 Å². The summed E-state index contributed by atoms with van der Waals surface area (Å²) < 4.78 is 0. The summed E-state index contributed by atoms with van der Waals surface area (Å²) in [5.41, 5.74) is 1.93. The van der Waals surface area contributed by atoms with Crippen molar-refractivity contribution in [1.82, 2.24) is 5.32 Å². The van der Waals surface area contributed by atoms with E-state index in [1.165, 1.54) is 6.92 Å². The Balaban J connectivity index is 2.25. The first-order valence-electron chi connectivity index (χ1n) is 6.14. The summed E-state index contributed by atoms with van der Waals surface area (Å²) >= 11 is 0. The highest BCUT2D eigenvalue weighted by Gasteiger charge is 2.08. The van der Waals surface area contributed by atoms with Crippen LogP contribution in [0.1, 0.15) is 24.1 Å². The molecule has 0 saturated carbocycles. The third-order valence-electron chi connectivity index (χ3n) is 2.62. The van der Waals surface area contributed by atoms with Crippen molar-refractivity contribution < 1.29 is 4.79 Å². The van der Waals surface area contributed by atoms with Crippen molar-refractivity contribution in [3.05, 3.63) is 71.8 Å². The van der Waals surface area contributed by atoms with Gasteiger partial charge in [0.2, 0.25) is 5.91 Å². The molecule has 0 bridgehead atoms. The fourth-order valence-electron chi connectivity index (χ4n) is 1.73.